The molecule has 5 aliphatic carbocycles. The minimum atomic E-state index is -2.14. The number of fused-ring (bicyclic) bond motifs is 1. The molecule has 7 aliphatic rings. The second-order valence-electron chi connectivity index (χ2n) is 13.5. The highest BCUT2D eigenvalue weighted by atomic mass is 16.6. The van der Waals surface area contributed by atoms with Crippen LogP contribution in [-0.4, -0.2) is 58.1 Å². The molecule has 40 heavy (non-hydrogen) atoms. The van der Waals surface area contributed by atoms with E-state index in [1.807, 2.05) is 30.3 Å². The van der Waals surface area contributed by atoms with Crippen molar-refractivity contribution in [2.24, 2.45) is 39.9 Å². The number of aliphatic hydroxyl groups excluding tert-OH is 1. The Bertz CT molecular complexity index is 1370. The molecule has 2 saturated heterocycles. The Morgan fingerprint density at radius 2 is 1.85 bits per heavy atom. The highest BCUT2D eigenvalue weighted by Gasteiger charge is 2.97. The average Bonchev–Trinajstić information content (AvgIpc) is 2.92. The molecule has 0 aromatic heterocycles. The summed E-state index contributed by atoms with van der Waals surface area (Å²) in [5.74, 6) is -5.29. The molecule has 7 fully saturated rings. The Kier molecular flexibility index (Phi) is 5.17. The Morgan fingerprint density at radius 3 is 2.55 bits per heavy atom. The highest BCUT2D eigenvalue weighted by molar-refractivity contribution is 6.09. The van der Waals surface area contributed by atoms with Gasteiger partial charge in [-0.25, -0.2) is 4.79 Å². The fourth-order valence-electron chi connectivity index (χ4n) is 10.5. The van der Waals surface area contributed by atoms with Crippen LogP contribution < -0.4 is 0 Å². The zero-order valence-corrected chi connectivity index (χ0v) is 23.1. The first kappa shape index (κ1) is 26.1. The molecule has 8 heteroatoms. The van der Waals surface area contributed by atoms with E-state index in [1.165, 1.54) is 13.0 Å². The number of ketones is 1. The minimum Gasteiger partial charge on any atom is -0.462 e. The van der Waals surface area contributed by atoms with E-state index in [1.54, 1.807) is 6.08 Å². The second-order valence-corrected chi connectivity index (χ2v) is 13.5. The molecular formula is C32H36O8. The molecule has 2 unspecified atom stereocenters. The predicted octanol–water partition coefficient (Wildman–Crippen LogP) is 3.21. The summed E-state index contributed by atoms with van der Waals surface area (Å²) in [6, 6.07) is 9.29. The number of carbonyl (C=O) groups excluding carboxylic acids is 3. The summed E-state index contributed by atoms with van der Waals surface area (Å²) in [4.78, 5) is 39.9. The third-order valence-corrected chi connectivity index (χ3v) is 11.6. The maximum atomic E-state index is 14.6. The van der Waals surface area contributed by atoms with Crippen LogP contribution in [0.2, 0.25) is 0 Å². The van der Waals surface area contributed by atoms with Crippen LogP contribution in [0.5, 0.6) is 0 Å². The number of esters is 2. The summed E-state index contributed by atoms with van der Waals surface area (Å²) in [6.07, 6.45) is 3.53. The number of ether oxygens (including phenoxy) is 3. The normalized spacial score (nSPS) is 47.3. The molecular weight excluding hydrogens is 512 g/mol. The van der Waals surface area contributed by atoms with Gasteiger partial charge in [0.15, 0.2) is 11.4 Å². The topological polar surface area (TPSA) is 119 Å². The van der Waals surface area contributed by atoms with E-state index < -0.39 is 75.3 Å². The number of benzene rings is 1. The van der Waals surface area contributed by atoms with Gasteiger partial charge in [0, 0.05) is 30.3 Å². The van der Waals surface area contributed by atoms with Gasteiger partial charge < -0.3 is 24.4 Å². The van der Waals surface area contributed by atoms with E-state index in [0.717, 1.165) is 5.56 Å². The van der Waals surface area contributed by atoms with E-state index in [2.05, 4.69) is 20.4 Å². The van der Waals surface area contributed by atoms with Crippen molar-refractivity contribution in [2.45, 2.75) is 70.1 Å². The second kappa shape index (κ2) is 7.93. The molecule has 8 rings (SSSR count). The van der Waals surface area contributed by atoms with Crippen LogP contribution >= 0.6 is 0 Å². The molecule has 2 N–H and O–H groups in total. The lowest BCUT2D eigenvalue weighted by atomic mass is 9.21. The van der Waals surface area contributed by atoms with Crippen LogP contribution in [0.25, 0.3) is 6.08 Å². The first-order valence-corrected chi connectivity index (χ1v) is 14.3. The lowest BCUT2D eigenvalue weighted by Crippen LogP contribution is -2.97. The van der Waals surface area contributed by atoms with Gasteiger partial charge in [0.2, 0.25) is 5.79 Å². The smallest absolute Gasteiger partial charge is 0.332 e. The molecule has 1 aromatic rings. The molecule has 1 aromatic carbocycles. The molecule has 2 bridgehead atoms. The van der Waals surface area contributed by atoms with Crippen molar-refractivity contribution in [2.75, 3.05) is 6.61 Å². The molecule has 0 radical (unpaired) electrons. The van der Waals surface area contributed by atoms with Crippen LogP contribution in [0.4, 0.5) is 0 Å². The summed E-state index contributed by atoms with van der Waals surface area (Å²) in [7, 11) is 0. The van der Waals surface area contributed by atoms with Gasteiger partial charge in [-0.3, -0.25) is 9.59 Å². The fraction of sp³-hybridized carbons (Fsp3) is 0.594. The maximum absolute atomic E-state index is 14.6. The summed E-state index contributed by atoms with van der Waals surface area (Å²) in [5.41, 5.74) is -2.95. The fourth-order valence-corrected chi connectivity index (χ4v) is 10.5. The standard InChI is InChI=1S/C32H36O8/c1-17-20-11-12-21-29-16-38-32(37,26(35)25(29)28(3,4)15-14-22(29)39-18(2)33)30(21)24(20)31(17,27(30)36)40-23(34)13-10-19-8-6-5-7-9-19/h5-10,13,20-22,24-26,35,37H,1,11-12,14-16H2,2-4H3/b13-10+/t20-,21-,22?,24+,25+,26-,29+,30+,31?,32+/m0/s1. The number of rotatable bonds is 4. The Labute approximate surface area is 233 Å². The zero-order chi connectivity index (χ0) is 28.5. The maximum Gasteiger partial charge on any atom is 0.332 e. The number of carbonyl (C=O) groups is 3. The summed E-state index contributed by atoms with van der Waals surface area (Å²) in [6.45, 7) is 9.75. The highest BCUT2D eigenvalue weighted by Crippen LogP contribution is 2.85. The molecule has 2 heterocycles. The van der Waals surface area contributed by atoms with Gasteiger partial charge >= 0.3 is 11.9 Å². The van der Waals surface area contributed by atoms with E-state index in [0.29, 0.717) is 31.3 Å². The Balaban J connectivity index is 1.31. The van der Waals surface area contributed by atoms with E-state index in [-0.39, 0.29) is 12.5 Å². The number of aliphatic hydroxyl groups is 2. The van der Waals surface area contributed by atoms with Crippen molar-refractivity contribution >= 4 is 23.8 Å². The van der Waals surface area contributed by atoms with Crippen LogP contribution in [0.1, 0.15) is 52.0 Å². The number of hydrogen-bond donors (Lipinski definition) is 2. The van der Waals surface area contributed by atoms with Crippen molar-refractivity contribution in [3.8, 4) is 0 Å². The zero-order valence-electron chi connectivity index (χ0n) is 23.1. The molecule has 10 atom stereocenters. The van der Waals surface area contributed by atoms with Crippen molar-refractivity contribution in [3.63, 3.8) is 0 Å². The average molecular weight is 549 g/mol. The molecule has 8 nitrogen and oxygen atoms in total. The van der Waals surface area contributed by atoms with Gasteiger partial charge in [-0.2, -0.15) is 0 Å². The van der Waals surface area contributed by atoms with E-state index in [9.17, 15) is 24.6 Å². The lowest BCUT2D eigenvalue weighted by molar-refractivity contribution is -0.483. The van der Waals surface area contributed by atoms with Crippen molar-refractivity contribution in [1.29, 1.82) is 0 Å². The molecule has 2 spiro atoms. The van der Waals surface area contributed by atoms with Gasteiger partial charge in [-0.15, -0.1) is 0 Å². The SMILES string of the molecule is C=C1[C@@H]2CC[C@H]3[C@@]45CO[C@](O)([C@@H](O)[C@@H]4C(C)(C)CCC5OC(C)=O)[C@]34C(=O)C1(OC(=O)/C=C/c1ccccc1)[C@H]24. The van der Waals surface area contributed by atoms with Gasteiger partial charge in [0.05, 0.1) is 6.61 Å². The Morgan fingerprint density at radius 1 is 1.12 bits per heavy atom. The Hall–Kier alpha value is -2.81. The first-order chi connectivity index (χ1) is 18.9. The lowest BCUT2D eigenvalue weighted by Gasteiger charge is -2.84. The van der Waals surface area contributed by atoms with Crippen LogP contribution in [0.3, 0.4) is 0 Å². The van der Waals surface area contributed by atoms with Gasteiger partial charge in [0.25, 0.3) is 0 Å². The van der Waals surface area contributed by atoms with Crippen molar-refractivity contribution in [1.82, 2.24) is 0 Å². The van der Waals surface area contributed by atoms with Crippen LogP contribution in [0, 0.1) is 39.9 Å². The van der Waals surface area contributed by atoms with E-state index >= 15 is 0 Å². The van der Waals surface area contributed by atoms with Crippen LogP contribution in [-0.2, 0) is 28.6 Å². The molecule has 5 saturated carbocycles. The monoisotopic (exact) mass is 548 g/mol. The third-order valence-electron chi connectivity index (χ3n) is 11.6. The summed E-state index contributed by atoms with van der Waals surface area (Å²) < 4.78 is 18.1. The molecule has 2 aliphatic heterocycles. The summed E-state index contributed by atoms with van der Waals surface area (Å²) >= 11 is 0. The molecule has 0 amide bonds. The van der Waals surface area contributed by atoms with Gasteiger partial charge in [0.1, 0.15) is 17.6 Å². The van der Waals surface area contributed by atoms with E-state index in [4.69, 9.17) is 14.2 Å². The first-order valence-electron chi connectivity index (χ1n) is 14.3. The number of Topliss-reactive ketones (excluding diaryl/α,β-unsaturated/α-hetero) is 1. The third kappa shape index (κ3) is 2.67. The predicted molar refractivity (Wildman–Crippen MR) is 142 cm³/mol. The van der Waals surface area contributed by atoms with Gasteiger partial charge in [-0.1, -0.05) is 50.8 Å². The summed E-state index contributed by atoms with van der Waals surface area (Å²) in [5, 5.41) is 24.3. The minimum absolute atomic E-state index is 0.0806. The van der Waals surface area contributed by atoms with Crippen molar-refractivity contribution < 1.29 is 38.8 Å². The number of hydrogen-bond acceptors (Lipinski definition) is 8. The van der Waals surface area contributed by atoms with Crippen molar-refractivity contribution in [3.05, 3.63) is 54.1 Å². The largest absolute Gasteiger partial charge is 0.462 e. The molecule has 212 valence electrons. The quantitative estimate of drug-likeness (QED) is 0.335. The van der Waals surface area contributed by atoms with Crippen LogP contribution in [0.15, 0.2) is 48.6 Å². The van der Waals surface area contributed by atoms with Gasteiger partial charge in [-0.05, 0) is 60.1 Å².